The van der Waals surface area contributed by atoms with Gasteiger partial charge in [-0.1, -0.05) is 29.3 Å². The molecule has 1 atom stereocenters. The van der Waals surface area contributed by atoms with Crippen LogP contribution in [0.3, 0.4) is 0 Å². The normalized spacial score (nSPS) is 14.7. The Morgan fingerprint density at radius 3 is 2.66 bits per heavy atom. The molecule has 3 aromatic rings. The number of amides is 1. The standard InChI is InChI=1S/C28H27N3O6S/c1-4-9-19(5-2)36-27(33)21-11-8-7-10-20(21)26(32)31-14-12-18(13-15-31)25-29-23(17-38-25)24-16-22(30-37-24)28(34)35-6-3/h2,4,7-11,16-19H,6,12-15H2,1,3H3/b9-4+. The van der Waals surface area contributed by atoms with Gasteiger partial charge in [0.2, 0.25) is 0 Å². The van der Waals surface area contributed by atoms with E-state index < -0.39 is 18.0 Å². The van der Waals surface area contributed by atoms with E-state index in [1.165, 1.54) is 17.4 Å². The summed E-state index contributed by atoms with van der Waals surface area (Å²) in [5, 5.41) is 6.55. The van der Waals surface area contributed by atoms with Gasteiger partial charge in [-0.2, -0.15) is 0 Å². The molecule has 38 heavy (non-hydrogen) atoms. The molecule has 0 N–H and O–H groups in total. The van der Waals surface area contributed by atoms with E-state index >= 15 is 0 Å². The number of allylic oxidation sites excluding steroid dienone is 1. The lowest BCUT2D eigenvalue weighted by atomic mass is 9.96. The summed E-state index contributed by atoms with van der Waals surface area (Å²) in [4.78, 5) is 44.4. The molecule has 9 nitrogen and oxygen atoms in total. The van der Waals surface area contributed by atoms with Crippen LogP contribution in [0.25, 0.3) is 11.5 Å². The Bertz CT molecular complexity index is 1380. The number of esters is 2. The van der Waals surface area contributed by atoms with Gasteiger partial charge in [-0.3, -0.25) is 4.79 Å². The lowest BCUT2D eigenvalue weighted by molar-refractivity contribution is 0.0466. The number of ether oxygens (including phenoxy) is 2. The second-order valence-corrected chi connectivity index (χ2v) is 9.39. The minimum absolute atomic E-state index is 0.101. The summed E-state index contributed by atoms with van der Waals surface area (Å²) in [6.07, 6.45) is 9.37. The van der Waals surface area contributed by atoms with Crippen LogP contribution >= 0.6 is 11.3 Å². The van der Waals surface area contributed by atoms with Gasteiger partial charge in [-0.05, 0) is 44.9 Å². The zero-order valence-corrected chi connectivity index (χ0v) is 21.9. The van der Waals surface area contributed by atoms with E-state index in [2.05, 4.69) is 16.1 Å². The van der Waals surface area contributed by atoms with Gasteiger partial charge in [0.25, 0.3) is 5.91 Å². The van der Waals surface area contributed by atoms with E-state index in [1.807, 2.05) is 5.38 Å². The summed E-state index contributed by atoms with van der Waals surface area (Å²) in [6.45, 7) is 4.79. The third-order valence-electron chi connectivity index (χ3n) is 6.04. The third-order valence-corrected chi connectivity index (χ3v) is 7.05. The van der Waals surface area contributed by atoms with Crippen molar-refractivity contribution in [1.29, 1.82) is 0 Å². The number of carbonyl (C=O) groups excluding carboxylic acids is 3. The number of aromatic nitrogens is 2. The zero-order valence-electron chi connectivity index (χ0n) is 21.1. The fourth-order valence-electron chi connectivity index (χ4n) is 4.12. The van der Waals surface area contributed by atoms with Crippen molar-refractivity contribution >= 4 is 29.2 Å². The monoisotopic (exact) mass is 533 g/mol. The summed E-state index contributed by atoms with van der Waals surface area (Å²) >= 11 is 1.50. The van der Waals surface area contributed by atoms with Gasteiger partial charge in [0.05, 0.1) is 22.7 Å². The highest BCUT2D eigenvalue weighted by atomic mass is 32.1. The molecule has 2 aromatic heterocycles. The number of likely N-dealkylation sites (tertiary alicyclic amines) is 1. The smallest absolute Gasteiger partial charge is 0.360 e. The highest BCUT2D eigenvalue weighted by molar-refractivity contribution is 7.10. The lowest BCUT2D eigenvalue weighted by Crippen LogP contribution is -2.38. The number of hydrogen-bond donors (Lipinski definition) is 0. The van der Waals surface area contributed by atoms with Gasteiger partial charge in [0.1, 0.15) is 5.69 Å². The maximum atomic E-state index is 13.3. The van der Waals surface area contributed by atoms with E-state index in [9.17, 15) is 14.4 Å². The quantitative estimate of drug-likeness (QED) is 0.232. The van der Waals surface area contributed by atoms with Crippen molar-refractivity contribution < 1.29 is 28.4 Å². The van der Waals surface area contributed by atoms with E-state index in [4.69, 9.17) is 20.4 Å². The SMILES string of the molecule is C#CC(/C=C/C)OC(=O)c1ccccc1C(=O)N1CCC(c2nc(-c3cc(C(=O)OCC)no3)cs2)CC1. The maximum Gasteiger partial charge on any atom is 0.360 e. The maximum absolute atomic E-state index is 13.3. The molecule has 0 spiro atoms. The van der Waals surface area contributed by atoms with Crippen LogP contribution in [0.5, 0.6) is 0 Å². The number of hydrogen-bond acceptors (Lipinski definition) is 9. The van der Waals surface area contributed by atoms with Gasteiger partial charge in [-0.15, -0.1) is 17.8 Å². The Labute approximate surface area is 224 Å². The van der Waals surface area contributed by atoms with E-state index in [1.54, 1.807) is 55.2 Å². The van der Waals surface area contributed by atoms with Crippen LogP contribution in [-0.4, -0.2) is 58.7 Å². The number of thiazole rings is 1. The van der Waals surface area contributed by atoms with Crippen molar-refractivity contribution in [3.63, 3.8) is 0 Å². The molecule has 0 aliphatic carbocycles. The molecule has 1 amide bonds. The Morgan fingerprint density at radius 1 is 1.24 bits per heavy atom. The van der Waals surface area contributed by atoms with Crippen LogP contribution < -0.4 is 0 Å². The highest BCUT2D eigenvalue weighted by Crippen LogP contribution is 2.33. The average Bonchev–Trinajstić information content (AvgIpc) is 3.63. The van der Waals surface area contributed by atoms with Gasteiger partial charge in [0, 0.05) is 30.5 Å². The Kier molecular flexibility index (Phi) is 8.71. The van der Waals surface area contributed by atoms with Crippen LogP contribution in [0, 0.1) is 12.3 Å². The van der Waals surface area contributed by atoms with Crippen molar-refractivity contribution in [3.8, 4) is 23.8 Å². The number of rotatable bonds is 8. The van der Waals surface area contributed by atoms with Crippen LogP contribution in [-0.2, 0) is 9.47 Å². The van der Waals surface area contributed by atoms with Crippen molar-refractivity contribution in [2.24, 2.45) is 0 Å². The van der Waals surface area contributed by atoms with Gasteiger partial charge in [-0.25, -0.2) is 14.6 Å². The molecule has 1 saturated heterocycles. The fourth-order valence-corrected chi connectivity index (χ4v) is 5.10. The lowest BCUT2D eigenvalue weighted by Gasteiger charge is -2.31. The highest BCUT2D eigenvalue weighted by Gasteiger charge is 2.29. The fraction of sp³-hybridized carbons (Fsp3) is 0.321. The molecule has 1 aliphatic rings. The topological polar surface area (TPSA) is 112 Å². The summed E-state index contributed by atoms with van der Waals surface area (Å²) < 4.78 is 15.6. The predicted octanol–water partition coefficient (Wildman–Crippen LogP) is 4.73. The van der Waals surface area contributed by atoms with Gasteiger partial charge < -0.3 is 18.9 Å². The predicted molar refractivity (Wildman–Crippen MR) is 141 cm³/mol. The van der Waals surface area contributed by atoms with Crippen molar-refractivity contribution in [2.75, 3.05) is 19.7 Å². The van der Waals surface area contributed by atoms with Crippen molar-refractivity contribution in [3.05, 3.63) is 69.7 Å². The Morgan fingerprint density at radius 2 is 1.97 bits per heavy atom. The minimum Gasteiger partial charge on any atom is -0.461 e. The van der Waals surface area contributed by atoms with E-state index in [0.29, 0.717) is 24.5 Å². The molecule has 10 heteroatoms. The first kappa shape index (κ1) is 26.8. The molecule has 3 heterocycles. The average molecular weight is 534 g/mol. The molecular weight excluding hydrogens is 506 g/mol. The first-order chi connectivity index (χ1) is 18.4. The van der Waals surface area contributed by atoms with Crippen LogP contribution in [0.1, 0.15) is 68.8 Å². The molecule has 0 bridgehead atoms. The number of nitrogens with zero attached hydrogens (tertiary/aromatic N) is 3. The molecule has 0 saturated carbocycles. The second kappa shape index (κ2) is 12.3. The summed E-state index contributed by atoms with van der Waals surface area (Å²) in [7, 11) is 0. The van der Waals surface area contributed by atoms with Crippen molar-refractivity contribution in [1.82, 2.24) is 15.0 Å². The number of benzene rings is 1. The Balaban J connectivity index is 1.40. The van der Waals surface area contributed by atoms with Gasteiger partial charge >= 0.3 is 11.9 Å². The molecule has 1 unspecified atom stereocenters. The molecule has 196 valence electrons. The summed E-state index contributed by atoms with van der Waals surface area (Å²) in [5.41, 5.74) is 1.17. The summed E-state index contributed by atoms with van der Waals surface area (Å²) in [5.74, 6) is 1.55. The van der Waals surface area contributed by atoms with Crippen LogP contribution in [0.2, 0.25) is 0 Å². The summed E-state index contributed by atoms with van der Waals surface area (Å²) in [6, 6.07) is 8.12. The Hall–Kier alpha value is -4.23. The van der Waals surface area contributed by atoms with Crippen LogP contribution in [0.15, 0.2) is 52.4 Å². The molecular formula is C28H27N3O6S. The first-order valence-electron chi connectivity index (χ1n) is 12.2. The minimum atomic E-state index is -0.803. The molecule has 1 aromatic carbocycles. The first-order valence-corrected chi connectivity index (χ1v) is 13.1. The number of terminal acetylenes is 1. The van der Waals surface area contributed by atoms with E-state index in [0.717, 1.165) is 17.8 Å². The van der Waals surface area contributed by atoms with E-state index in [-0.39, 0.29) is 35.3 Å². The zero-order chi connectivity index (χ0) is 27.1. The third kappa shape index (κ3) is 6.01. The number of carbonyl (C=O) groups is 3. The molecule has 4 rings (SSSR count). The molecule has 1 fully saturated rings. The second-order valence-electron chi connectivity index (χ2n) is 8.50. The number of piperidine rings is 1. The molecule has 1 aliphatic heterocycles. The largest absolute Gasteiger partial charge is 0.461 e. The molecule has 0 radical (unpaired) electrons. The van der Waals surface area contributed by atoms with Crippen molar-refractivity contribution in [2.45, 2.75) is 38.7 Å². The van der Waals surface area contributed by atoms with Crippen LogP contribution in [0.4, 0.5) is 0 Å². The van der Waals surface area contributed by atoms with Gasteiger partial charge in [0.15, 0.2) is 17.6 Å².